The third-order valence-corrected chi connectivity index (χ3v) is 3.56. The fraction of sp³-hybridized carbons (Fsp3) is 0.368. The highest BCUT2D eigenvalue weighted by Gasteiger charge is 2.04. The summed E-state index contributed by atoms with van der Waals surface area (Å²) in [5, 5.41) is 8.38. The molecular formula is C19H26N2O3. The zero-order valence-corrected chi connectivity index (χ0v) is 14.1. The lowest BCUT2D eigenvalue weighted by molar-refractivity contribution is -0.129. The monoisotopic (exact) mass is 330 g/mol. The molecule has 0 saturated heterocycles. The highest BCUT2D eigenvalue weighted by Crippen LogP contribution is 2.06. The number of amides is 2. The molecule has 1 aliphatic rings. The number of hydrogen-bond acceptors (Lipinski definition) is 3. The van der Waals surface area contributed by atoms with E-state index in [0.717, 1.165) is 24.8 Å². The molecular weight excluding hydrogens is 304 g/mol. The van der Waals surface area contributed by atoms with Crippen molar-refractivity contribution in [2.24, 2.45) is 0 Å². The normalized spacial score (nSPS) is 14.0. The van der Waals surface area contributed by atoms with E-state index in [2.05, 4.69) is 12.2 Å². The van der Waals surface area contributed by atoms with E-state index in [1.807, 2.05) is 30.4 Å². The van der Waals surface area contributed by atoms with Gasteiger partial charge in [-0.1, -0.05) is 55.0 Å². The van der Waals surface area contributed by atoms with Crippen LogP contribution in [-0.4, -0.2) is 35.5 Å². The first kappa shape index (κ1) is 19.6. The molecule has 0 aliphatic heterocycles. The van der Waals surface area contributed by atoms with Crippen LogP contribution in [0.5, 0.6) is 0 Å². The van der Waals surface area contributed by atoms with Gasteiger partial charge in [-0.3, -0.25) is 14.8 Å². The van der Waals surface area contributed by atoms with Crippen molar-refractivity contribution in [3.8, 4) is 0 Å². The lowest BCUT2D eigenvalue weighted by Crippen LogP contribution is -2.25. The van der Waals surface area contributed by atoms with Gasteiger partial charge >= 0.3 is 0 Å². The molecule has 0 heterocycles. The molecule has 0 aromatic carbocycles. The number of likely N-dealkylation sites (N-methyl/N-ethyl adjacent to an activating group) is 1. The van der Waals surface area contributed by atoms with Gasteiger partial charge in [0.15, 0.2) is 0 Å². The Bertz CT molecular complexity index is 557. The molecule has 5 heteroatoms. The SMILES string of the molecule is CN(CCCCCC(=O)NO)C(=O)/C=C/C=C/C1=CCC=CC=C1. The number of hydrogen-bond donors (Lipinski definition) is 2. The topological polar surface area (TPSA) is 69.6 Å². The summed E-state index contributed by atoms with van der Waals surface area (Å²) < 4.78 is 0. The first-order valence-corrected chi connectivity index (χ1v) is 8.19. The highest BCUT2D eigenvalue weighted by molar-refractivity contribution is 5.87. The molecule has 2 amide bonds. The average Bonchev–Trinajstić information content (AvgIpc) is 2.86. The number of nitrogens with one attached hydrogen (secondary N) is 1. The van der Waals surface area contributed by atoms with Gasteiger partial charge in [0.1, 0.15) is 0 Å². The quantitative estimate of drug-likeness (QED) is 0.224. The number of allylic oxidation sites excluding steroid dienone is 9. The van der Waals surface area contributed by atoms with E-state index in [1.165, 1.54) is 0 Å². The number of rotatable bonds is 9. The summed E-state index contributed by atoms with van der Waals surface area (Å²) in [4.78, 5) is 24.4. The van der Waals surface area contributed by atoms with Crippen molar-refractivity contribution in [2.45, 2.75) is 32.1 Å². The maximum atomic E-state index is 11.9. The first-order valence-electron chi connectivity index (χ1n) is 8.19. The fourth-order valence-electron chi connectivity index (χ4n) is 2.13. The Hall–Kier alpha value is -2.40. The maximum Gasteiger partial charge on any atom is 0.246 e. The van der Waals surface area contributed by atoms with E-state index in [4.69, 9.17) is 5.21 Å². The Morgan fingerprint density at radius 1 is 1.25 bits per heavy atom. The maximum absolute atomic E-state index is 11.9. The van der Waals surface area contributed by atoms with Crippen LogP contribution in [0.3, 0.4) is 0 Å². The summed E-state index contributed by atoms with van der Waals surface area (Å²) >= 11 is 0. The average molecular weight is 330 g/mol. The van der Waals surface area contributed by atoms with Gasteiger partial charge in [0.25, 0.3) is 0 Å². The zero-order valence-electron chi connectivity index (χ0n) is 14.1. The lowest BCUT2D eigenvalue weighted by atomic mass is 10.2. The zero-order chi connectivity index (χ0) is 17.6. The number of hydroxylamine groups is 1. The van der Waals surface area contributed by atoms with E-state index in [0.29, 0.717) is 19.4 Å². The molecule has 0 aromatic rings. The molecule has 0 spiro atoms. The number of unbranched alkanes of at least 4 members (excludes halogenated alkanes) is 2. The number of carbonyl (C=O) groups excluding carboxylic acids is 2. The van der Waals surface area contributed by atoms with Crippen molar-refractivity contribution in [3.63, 3.8) is 0 Å². The Kier molecular flexibility index (Phi) is 9.88. The van der Waals surface area contributed by atoms with Crippen LogP contribution in [0, 0.1) is 0 Å². The van der Waals surface area contributed by atoms with Crippen molar-refractivity contribution < 1.29 is 14.8 Å². The second-order valence-electron chi connectivity index (χ2n) is 5.55. The van der Waals surface area contributed by atoms with Gasteiger partial charge in [-0.2, -0.15) is 0 Å². The summed E-state index contributed by atoms with van der Waals surface area (Å²) in [6.45, 7) is 0.646. The van der Waals surface area contributed by atoms with Crippen LogP contribution in [0.15, 0.2) is 60.3 Å². The Morgan fingerprint density at radius 2 is 2.08 bits per heavy atom. The summed E-state index contributed by atoms with van der Waals surface area (Å²) in [6, 6.07) is 0. The van der Waals surface area contributed by atoms with Crippen LogP contribution in [0.25, 0.3) is 0 Å². The molecule has 0 radical (unpaired) electrons. The molecule has 5 nitrogen and oxygen atoms in total. The largest absolute Gasteiger partial charge is 0.342 e. The van der Waals surface area contributed by atoms with Crippen LogP contribution < -0.4 is 5.48 Å². The molecule has 0 aromatic heterocycles. The van der Waals surface area contributed by atoms with Crippen molar-refractivity contribution >= 4 is 11.8 Å². The van der Waals surface area contributed by atoms with Gasteiger partial charge in [0.2, 0.25) is 11.8 Å². The van der Waals surface area contributed by atoms with E-state index in [1.54, 1.807) is 29.6 Å². The van der Waals surface area contributed by atoms with Gasteiger partial charge in [-0.15, -0.1) is 0 Å². The standard InChI is InChI=1S/C19H26N2O3/c1-21(16-10-4-7-14-18(22)20-24)19(23)15-9-8-13-17-11-5-2-3-6-12-17/h2-3,5,8-9,11-13,15,24H,4,6-7,10,14,16H2,1H3,(H,20,22)/b13-8+,15-9+. The van der Waals surface area contributed by atoms with Crippen LogP contribution >= 0.6 is 0 Å². The third-order valence-electron chi connectivity index (χ3n) is 3.56. The van der Waals surface area contributed by atoms with E-state index in [9.17, 15) is 9.59 Å². The Morgan fingerprint density at radius 3 is 2.88 bits per heavy atom. The second kappa shape index (κ2) is 12.1. The lowest BCUT2D eigenvalue weighted by Gasteiger charge is -2.14. The number of carbonyl (C=O) groups is 2. The summed E-state index contributed by atoms with van der Waals surface area (Å²) in [5.74, 6) is -0.414. The smallest absolute Gasteiger partial charge is 0.246 e. The molecule has 2 N–H and O–H groups in total. The molecule has 0 saturated carbocycles. The number of nitrogens with zero attached hydrogens (tertiary/aromatic N) is 1. The predicted molar refractivity (Wildman–Crippen MR) is 95.3 cm³/mol. The van der Waals surface area contributed by atoms with E-state index >= 15 is 0 Å². The molecule has 0 bridgehead atoms. The van der Waals surface area contributed by atoms with Gasteiger partial charge in [-0.05, 0) is 24.8 Å². The van der Waals surface area contributed by atoms with Crippen molar-refractivity contribution in [3.05, 3.63) is 60.3 Å². The van der Waals surface area contributed by atoms with Gasteiger partial charge in [0.05, 0.1) is 0 Å². The van der Waals surface area contributed by atoms with Crippen LogP contribution in [0.1, 0.15) is 32.1 Å². The van der Waals surface area contributed by atoms with Crippen molar-refractivity contribution in [2.75, 3.05) is 13.6 Å². The van der Waals surface area contributed by atoms with Crippen LogP contribution in [0.4, 0.5) is 0 Å². The molecule has 1 aliphatic carbocycles. The Labute approximate surface area is 143 Å². The second-order valence-corrected chi connectivity index (χ2v) is 5.55. The predicted octanol–water partition coefficient (Wildman–Crippen LogP) is 3.07. The summed E-state index contributed by atoms with van der Waals surface area (Å²) in [6.07, 6.45) is 21.0. The molecule has 1 rings (SSSR count). The van der Waals surface area contributed by atoms with E-state index in [-0.39, 0.29) is 11.8 Å². The minimum atomic E-state index is -0.372. The Balaban J connectivity index is 2.23. The highest BCUT2D eigenvalue weighted by atomic mass is 16.5. The fourth-order valence-corrected chi connectivity index (χ4v) is 2.13. The van der Waals surface area contributed by atoms with Crippen LogP contribution in [-0.2, 0) is 9.59 Å². The van der Waals surface area contributed by atoms with Crippen LogP contribution in [0.2, 0.25) is 0 Å². The van der Waals surface area contributed by atoms with Gasteiger partial charge < -0.3 is 4.90 Å². The third kappa shape index (κ3) is 8.90. The molecule has 0 unspecified atom stereocenters. The molecule has 0 atom stereocenters. The van der Waals surface area contributed by atoms with Crippen molar-refractivity contribution in [1.82, 2.24) is 10.4 Å². The van der Waals surface area contributed by atoms with E-state index < -0.39 is 0 Å². The minimum Gasteiger partial charge on any atom is -0.342 e. The summed E-state index contributed by atoms with van der Waals surface area (Å²) in [7, 11) is 1.76. The molecule has 130 valence electrons. The molecule has 24 heavy (non-hydrogen) atoms. The van der Waals surface area contributed by atoms with Gasteiger partial charge in [-0.25, -0.2) is 5.48 Å². The minimum absolute atomic E-state index is 0.0418. The first-order chi connectivity index (χ1) is 11.6. The molecule has 0 fully saturated rings. The van der Waals surface area contributed by atoms with Gasteiger partial charge in [0, 0.05) is 26.1 Å². The van der Waals surface area contributed by atoms with Crippen molar-refractivity contribution in [1.29, 1.82) is 0 Å². The summed E-state index contributed by atoms with van der Waals surface area (Å²) in [5.41, 5.74) is 2.73.